The fraction of sp³-hybridized carbons (Fsp3) is 0.316. The molecule has 0 aromatic heterocycles. The third kappa shape index (κ3) is 6.52. The molecule has 28 heavy (non-hydrogen) atoms. The lowest BCUT2D eigenvalue weighted by Gasteiger charge is -2.11. The van der Waals surface area contributed by atoms with Crippen molar-refractivity contribution >= 4 is 15.9 Å². The van der Waals surface area contributed by atoms with Crippen LogP contribution in [0, 0.1) is 0 Å². The van der Waals surface area contributed by atoms with E-state index in [1.807, 2.05) is 6.07 Å². The number of benzene rings is 2. The minimum Gasteiger partial charge on any atom is -0.493 e. The van der Waals surface area contributed by atoms with E-state index < -0.39 is 10.0 Å². The number of sulfonamides is 1. The molecule has 0 unspecified atom stereocenters. The highest BCUT2D eigenvalue weighted by atomic mass is 32.2. The van der Waals surface area contributed by atoms with E-state index in [1.54, 1.807) is 30.3 Å². The highest BCUT2D eigenvalue weighted by molar-refractivity contribution is 7.89. The Morgan fingerprint density at radius 2 is 1.68 bits per heavy atom. The maximum absolute atomic E-state index is 12.1. The summed E-state index contributed by atoms with van der Waals surface area (Å²) in [5.74, 6) is 0.728. The molecule has 2 rings (SSSR count). The molecule has 2 aromatic carbocycles. The molecule has 0 saturated carbocycles. The molecule has 152 valence electrons. The average molecular weight is 408 g/mol. The van der Waals surface area contributed by atoms with Gasteiger partial charge in [0, 0.05) is 20.2 Å². The molecule has 9 heteroatoms. The molecule has 0 radical (unpaired) electrons. The van der Waals surface area contributed by atoms with Crippen molar-refractivity contribution in [2.45, 2.75) is 11.4 Å². The van der Waals surface area contributed by atoms with Crippen LogP contribution in [0.3, 0.4) is 0 Å². The number of hydrogen-bond donors (Lipinski definition) is 2. The van der Waals surface area contributed by atoms with Gasteiger partial charge in [-0.2, -0.15) is 0 Å². The summed E-state index contributed by atoms with van der Waals surface area (Å²) in [5.41, 5.74) is 0.765. The summed E-state index contributed by atoms with van der Waals surface area (Å²) in [7, 11) is -0.550. The van der Waals surface area contributed by atoms with Crippen molar-refractivity contribution in [2.24, 2.45) is 0 Å². The monoisotopic (exact) mass is 408 g/mol. The second kappa shape index (κ2) is 10.6. The van der Waals surface area contributed by atoms with Crippen molar-refractivity contribution in [3.63, 3.8) is 0 Å². The molecule has 0 saturated heterocycles. The predicted molar refractivity (Wildman–Crippen MR) is 104 cm³/mol. The van der Waals surface area contributed by atoms with Gasteiger partial charge in [0.1, 0.15) is 0 Å². The van der Waals surface area contributed by atoms with Crippen molar-refractivity contribution in [2.75, 3.05) is 34.0 Å². The van der Waals surface area contributed by atoms with Crippen molar-refractivity contribution in [3.05, 3.63) is 54.1 Å². The summed E-state index contributed by atoms with van der Waals surface area (Å²) in [4.78, 5) is 12.1. The zero-order valence-corrected chi connectivity index (χ0v) is 16.6. The molecule has 0 fully saturated rings. The zero-order valence-electron chi connectivity index (χ0n) is 15.8. The van der Waals surface area contributed by atoms with Gasteiger partial charge in [0.15, 0.2) is 18.1 Å². The Hall–Kier alpha value is -2.62. The number of methoxy groups -OCH3 is 2. The highest BCUT2D eigenvalue weighted by Crippen LogP contribution is 2.25. The van der Waals surface area contributed by atoms with Crippen LogP contribution in [0.4, 0.5) is 0 Å². The van der Waals surface area contributed by atoms with E-state index in [9.17, 15) is 13.2 Å². The van der Waals surface area contributed by atoms with E-state index in [0.717, 1.165) is 5.56 Å². The summed E-state index contributed by atoms with van der Waals surface area (Å²) in [6, 6.07) is 13.3. The van der Waals surface area contributed by atoms with Gasteiger partial charge in [0.25, 0.3) is 5.91 Å². The summed E-state index contributed by atoms with van der Waals surface area (Å²) < 4.78 is 42.1. The van der Waals surface area contributed by atoms with Crippen molar-refractivity contribution < 1.29 is 27.4 Å². The number of amides is 1. The number of rotatable bonds is 11. The number of carbonyl (C=O) groups is 1. The predicted octanol–water partition coefficient (Wildman–Crippen LogP) is 1.32. The Kier molecular flexibility index (Phi) is 8.24. The minimum atomic E-state index is -3.58. The highest BCUT2D eigenvalue weighted by Gasteiger charge is 2.13. The molecule has 0 aliphatic heterocycles. The Bertz CT molecular complexity index is 868. The lowest BCUT2D eigenvalue weighted by atomic mass is 10.2. The lowest BCUT2D eigenvalue weighted by molar-refractivity contribution is -0.123. The molecule has 2 aromatic rings. The molecule has 0 bridgehead atoms. The SMILES string of the molecule is COCCNS(=O)(=O)c1ccc(CNC(=O)COc2ccccc2OC)cc1. The molecule has 0 aliphatic rings. The van der Waals surface area contributed by atoms with Crippen LogP contribution in [0.2, 0.25) is 0 Å². The third-order valence-corrected chi connectivity index (χ3v) is 5.23. The number of carbonyl (C=O) groups excluding carboxylic acids is 1. The second-order valence-electron chi connectivity index (χ2n) is 5.75. The quantitative estimate of drug-likeness (QED) is 0.544. The Morgan fingerprint density at radius 3 is 2.32 bits per heavy atom. The maximum Gasteiger partial charge on any atom is 0.258 e. The first-order chi connectivity index (χ1) is 13.5. The topological polar surface area (TPSA) is 103 Å². The van der Waals surface area contributed by atoms with Gasteiger partial charge in [-0.3, -0.25) is 4.79 Å². The van der Waals surface area contributed by atoms with Crippen LogP contribution in [0.5, 0.6) is 11.5 Å². The van der Waals surface area contributed by atoms with E-state index in [1.165, 1.54) is 26.4 Å². The molecular formula is C19H24N2O6S. The van der Waals surface area contributed by atoms with Crippen LogP contribution in [0.15, 0.2) is 53.4 Å². The Balaban J connectivity index is 1.83. The fourth-order valence-corrected chi connectivity index (χ4v) is 3.29. The van der Waals surface area contributed by atoms with Gasteiger partial charge >= 0.3 is 0 Å². The summed E-state index contributed by atoms with van der Waals surface area (Å²) in [6.45, 7) is 0.588. The zero-order chi connectivity index (χ0) is 20.4. The summed E-state index contributed by atoms with van der Waals surface area (Å²) >= 11 is 0. The second-order valence-corrected chi connectivity index (χ2v) is 7.52. The summed E-state index contributed by atoms with van der Waals surface area (Å²) in [6.07, 6.45) is 0. The van der Waals surface area contributed by atoms with Crippen molar-refractivity contribution in [3.8, 4) is 11.5 Å². The van der Waals surface area contributed by atoms with E-state index in [0.29, 0.717) is 18.1 Å². The van der Waals surface area contributed by atoms with Crippen molar-refractivity contribution in [1.29, 1.82) is 0 Å². The molecule has 2 N–H and O–H groups in total. The smallest absolute Gasteiger partial charge is 0.258 e. The standard InChI is InChI=1S/C19H24N2O6S/c1-25-12-11-21-28(23,24)16-9-7-15(8-10-16)13-20-19(22)14-27-18-6-4-3-5-17(18)26-2/h3-10,21H,11-14H2,1-2H3,(H,20,22). The third-order valence-electron chi connectivity index (χ3n) is 3.75. The van der Waals surface area contributed by atoms with E-state index in [2.05, 4.69) is 10.0 Å². The van der Waals surface area contributed by atoms with Crippen LogP contribution in [-0.4, -0.2) is 48.3 Å². The number of ether oxygens (including phenoxy) is 3. The van der Waals surface area contributed by atoms with E-state index in [-0.39, 0.29) is 30.5 Å². The average Bonchev–Trinajstić information content (AvgIpc) is 2.71. The molecule has 8 nitrogen and oxygen atoms in total. The van der Waals surface area contributed by atoms with Gasteiger partial charge < -0.3 is 19.5 Å². The molecule has 0 spiro atoms. The largest absolute Gasteiger partial charge is 0.493 e. The first-order valence-electron chi connectivity index (χ1n) is 8.56. The summed E-state index contributed by atoms with van der Waals surface area (Å²) in [5, 5.41) is 2.72. The number of para-hydroxylation sites is 2. The lowest BCUT2D eigenvalue weighted by Crippen LogP contribution is -2.28. The van der Waals surface area contributed by atoms with Gasteiger partial charge in [0.2, 0.25) is 10.0 Å². The van der Waals surface area contributed by atoms with Crippen LogP contribution < -0.4 is 19.5 Å². The number of nitrogens with one attached hydrogen (secondary N) is 2. The van der Waals surface area contributed by atoms with Gasteiger partial charge in [0.05, 0.1) is 18.6 Å². The first kappa shape index (κ1) is 21.7. The van der Waals surface area contributed by atoms with Crippen molar-refractivity contribution in [1.82, 2.24) is 10.0 Å². The fourth-order valence-electron chi connectivity index (χ4n) is 2.28. The molecular weight excluding hydrogens is 384 g/mol. The molecule has 0 heterocycles. The van der Waals surface area contributed by atoms with Crippen LogP contribution in [0.1, 0.15) is 5.56 Å². The van der Waals surface area contributed by atoms with E-state index >= 15 is 0 Å². The molecule has 1 amide bonds. The van der Waals surface area contributed by atoms with Gasteiger partial charge in [-0.25, -0.2) is 13.1 Å². The van der Waals surface area contributed by atoms with Crippen LogP contribution in [0.25, 0.3) is 0 Å². The Morgan fingerprint density at radius 1 is 1.00 bits per heavy atom. The normalized spacial score (nSPS) is 11.1. The first-order valence-corrected chi connectivity index (χ1v) is 10.0. The maximum atomic E-state index is 12.1. The van der Waals surface area contributed by atoms with E-state index in [4.69, 9.17) is 14.2 Å². The van der Waals surface area contributed by atoms with Gasteiger partial charge in [-0.15, -0.1) is 0 Å². The molecule has 0 atom stereocenters. The van der Waals surface area contributed by atoms with Gasteiger partial charge in [-0.05, 0) is 29.8 Å². The van der Waals surface area contributed by atoms with Crippen LogP contribution >= 0.6 is 0 Å². The molecule has 0 aliphatic carbocycles. The van der Waals surface area contributed by atoms with Gasteiger partial charge in [-0.1, -0.05) is 24.3 Å². The van der Waals surface area contributed by atoms with Crippen LogP contribution in [-0.2, 0) is 26.1 Å². The minimum absolute atomic E-state index is 0.151. The number of hydrogen-bond acceptors (Lipinski definition) is 6. The Labute approximate surface area is 164 Å².